The molecule has 1 atom stereocenters. The van der Waals surface area contributed by atoms with E-state index in [4.69, 9.17) is 5.11 Å². The second kappa shape index (κ2) is 20.9. The lowest BCUT2D eigenvalue weighted by Crippen LogP contribution is -2.57. The van der Waals surface area contributed by atoms with Crippen molar-refractivity contribution in [1.29, 1.82) is 0 Å². The average molecular weight is 619 g/mol. The molecule has 3 aliphatic heterocycles. The first-order valence-corrected chi connectivity index (χ1v) is 15.4. The van der Waals surface area contributed by atoms with Gasteiger partial charge in [0.25, 0.3) is 0 Å². The van der Waals surface area contributed by atoms with Crippen molar-refractivity contribution in [3.63, 3.8) is 0 Å². The minimum atomic E-state index is -0.537. The van der Waals surface area contributed by atoms with Crippen LogP contribution in [-0.4, -0.2) is 78.3 Å². The first-order valence-electron chi connectivity index (χ1n) is 15.4. The van der Waals surface area contributed by atoms with Crippen LogP contribution in [0.1, 0.15) is 60.3 Å². The normalized spacial score (nSPS) is 22.5. The first-order chi connectivity index (χ1) is 21.0. The van der Waals surface area contributed by atoms with Gasteiger partial charge >= 0.3 is 0 Å². The molecule has 2 fully saturated rings. The fourth-order valence-electron chi connectivity index (χ4n) is 5.24. The predicted octanol–water partition coefficient (Wildman–Crippen LogP) is 6.74. The average Bonchev–Trinajstić information content (AvgIpc) is 3.26. The van der Waals surface area contributed by atoms with Gasteiger partial charge in [0.05, 0.1) is 12.9 Å². The van der Waals surface area contributed by atoms with Gasteiger partial charge in [-0.2, -0.15) is 0 Å². The second-order valence-electron chi connectivity index (χ2n) is 11.0. The number of allylic oxidation sites excluding steroid dienone is 8. The highest BCUT2D eigenvalue weighted by molar-refractivity contribution is 5.96. The predicted molar refractivity (Wildman–Crippen MR) is 177 cm³/mol. The number of aliphatic hydroxyl groups is 1. The summed E-state index contributed by atoms with van der Waals surface area (Å²) in [7, 11) is 0. The van der Waals surface area contributed by atoms with Crippen LogP contribution in [0.25, 0.3) is 0 Å². The highest BCUT2D eigenvalue weighted by Crippen LogP contribution is 2.28. The number of carbonyl (C=O) groups excluding carboxylic acids is 1. The zero-order chi connectivity index (χ0) is 33.1. The van der Waals surface area contributed by atoms with E-state index in [-0.39, 0.29) is 17.3 Å². The number of likely N-dealkylation sites (tertiary alicyclic amines) is 1. The molecule has 0 aromatic carbocycles. The Morgan fingerprint density at radius 1 is 1.18 bits per heavy atom. The van der Waals surface area contributed by atoms with Crippen molar-refractivity contribution >= 4 is 5.78 Å². The number of Topliss-reactive ketones (excluding diaryl/α,β-unsaturated/α-hetero) is 1. The van der Waals surface area contributed by atoms with Crippen molar-refractivity contribution in [3.05, 3.63) is 96.1 Å². The van der Waals surface area contributed by atoms with Gasteiger partial charge in [-0.15, -0.1) is 0 Å². The molecular formula is C35H53F3N4O2. The van der Waals surface area contributed by atoms with Crippen LogP contribution < -0.4 is 10.6 Å². The standard InChI is InChI=1S/C23H35FN4O.C9H13FO.C3H5F/c1-5-22(24)17(2)16-27-10-6-21(7-11-27)28-12-8-23(25-9-13-28)18(3)14-20(15-26-23)19(4)29;1-3-8(4-2)5-6-9(10)7-11;1-2-3-4/h5,14-15,21,25-26H,2,6-13,16H2,1,3-4H3;3,5-6,11H,1,4,7H2,2H3;2-3H,1H3/b22-5+;8-5+,9-6+;3-2+. The van der Waals surface area contributed by atoms with E-state index < -0.39 is 12.4 Å². The highest BCUT2D eigenvalue weighted by atomic mass is 19.1. The van der Waals surface area contributed by atoms with Crippen LogP contribution in [-0.2, 0) is 4.79 Å². The van der Waals surface area contributed by atoms with Gasteiger partial charge in [0.1, 0.15) is 17.3 Å². The molecule has 44 heavy (non-hydrogen) atoms. The molecule has 1 spiro atoms. The topological polar surface area (TPSA) is 67.8 Å². The number of rotatable bonds is 9. The Kier molecular flexibility index (Phi) is 18.5. The van der Waals surface area contributed by atoms with E-state index in [0.717, 1.165) is 69.6 Å². The fourth-order valence-corrected chi connectivity index (χ4v) is 5.24. The van der Waals surface area contributed by atoms with Crippen LogP contribution >= 0.6 is 0 Å². The second-order valence-corrected chi connectivity index (χ2v) is 11.0. The van der Waals surface area contributed by atoms with Gasteiger partial charge in [0, 0.05) is 50.4 Å². The molecule has 9 heteroatoms. The van der Waals surface area contributed by atoms with Crippen LogP contribution in [0.15, 0.2) is 96.1 Å². The number of hydrogen-bond donors (Lipinski definition) is 3. The number of piperidine rings is 1. The Morgan fingerprint density at radius 3 is 2.34 bits per heavy atom. The number of nitrogens with zero attached hydrogens (tertiary/aromatic N) is 2. The Balaban J connectivity index is 0.000000538. The van der Waals surface area contributed by atoms with Crippen molar-refractivity contribution in [1.82, 2.24) is 20.4 Å². The van der Waals surface area contributed by atoms with Crippen molar-refractivity contribution in [2.24, 2.45) is 0 Å². The van der Waals surface area contributed by atoms with Crippen molar-refractivity contribution in [2.75, 3.05) is 45.9 Å². The SMILES string of the molecule is C/C=C/F.C=C(CN1CCC(N2CCNC3(CC2)NC=C(C(C)=O)C=C3C)CC1)/C(F)=C\C.C=C/C(=C\C=C(\F)CO)CC. The van der Waals surface area contributed by atoms with Crippen LogP contribution in [0.5, 0.6) is 0 Å². The summed E-state index contributed by atoms with van der Waals surface area (Å²) >= 11 is 0. The number of halogens is 3. The van der Waals surface area contributed by atoms with Crippen LogP contribution in [0.4, 0.5) is 13.2 Å². The third-order valence-electron chi connectivity index (χ3n) is 8.03. The number of hydrogen-bond acceptors (Lipinski definition) is 6. The molecule has 3 rings (SSSR count). The van der Waals surface area contributed by atoms with E-state index in [0.29, 0.717) is 24.5 Å². The molecule has 246 valence electrons. The molecular weight excluding hydrogens is 565 g/mol. The minimum Gasteiger partial charge on any atom is -0.389 e. The fraction of sp³-hybridized carbons (Fsp3) is 0.514. The molecule has 6 nitrogen and oxygen atoms in total. The van der Waals surface area contributed by atoms with Crippen molar-refractivity contribution in [3.8, 4) is 0 Å². The van der Waals surface area contributed by atoms with Crippen molar-refractivity contribution < 1.29 is 23.1 Å². The summed E-state index contributed by atoms with van der Waals surface area (Å²) in [5, 5.41) is 15.5. The summed E-state index contributed by atoms with van der Waals surface area (Å²) < 4.78 is 36.5. The third-order valence-corrected chi connectivity index (χ3v) is 8.03. The summed E-state index contributed by atoms with van der Waals surface area (Å²) in [6.45, 7) is 21.4. The van der Waals surface area contributed by atoms with E-state index in [1.165, 1.54) is 23.8 Å². The molecule has 2 saturated heterocycles. The monoisotopic (exact) mass is 618 g/mol. The molecule has 3 N–H and O–H groups in total. The van der Waals surface area contributed by atoms with E-state index in [1.54, 1.807) is 32.9 Å². The Morgan fingerprint density at radius 2 is 1.84 bits per heavy atom. The van der Waals surface area contributed by atoms with Crippen LogP contribution in [0.3, 0.4) is 0 Å². The zero-order valence-corrected chi connectivity index (χ0v) is 27.3. The van der Waals surface area contributed by atoms with Crippen LogP contribution in [0, 0.1) is 0 Å². The minimum absolute atomic E-state index is 0.0886. The number of dihydropyridines is 1. The summed E-state index contributed by atoms with van der Waals surface area (Å²) in [6, 6.07) is 0.569. The molecule has 0 bridgehead atoms. The summed E-state index contributed by atoms with van der Waals surface area (Å²) in [5.74, 6) is -0.634. The maximum atomic E-state index is 13.7. The molecule has 0 saturated carbocycles. The van der Waals surface area contributed by atoms with E-state index in [9.17, 15) is 18.0 Å². The lowest BCUT2D eigenvalue weighted by Gasteiger charge is -2.39. The highest BCUT2D eigenvalue weighted by Gasteiger charge is 2.37. The Hall–Kier alpha value is -2.98. The molecule has 0 radical (unpaired) electrons. The first kappa shape index (κ1) is 39.0. The maximum absolute atomic E-state index is 13.7. The van der Waals surface area contributed by atoms with Gasteiger partial charge < -0.3 is 10.4 Å². The number of aliphatic hydroxyl groups excluding tert-OH is 1. The van der Waals surface area contributed by atoms with Gasteiger partial charge in [-0.3, -0.25) is 19.9 Å². The molecule has 0 aliphatic carbocycles. The third kappa shape index (κ3) is 12.9. The van der Waals surface area contributed by atoms with Gasteiger partial charge in [0.2, 0.25) is 0 Å². The van der Waals surface area contributed by atoms with Gasteiger partial charge in [-0.05, 0) is 88.9 Å². The van der Waals surface area contributed by atoms with Crippen LogP contribution in [0.2, 0.25) is 0 Å². The summed E-state index contributed by atoms with van der Waals surface area (Å²) in [4.78, 5) is 16.6. The number of ketones is 1. The zero-order valence-electron chi connectivity index (χ0n) is 27.3. The molecule has 3 heterocycles. The van der Waals surface area contributed by atoms with E-state index in [2.05, 4.69) is 40.5 Å². The molecule has 0 aromatic heterocycles. The Bertz CT molecular complexity index is 1130. The molecule has 3 aliphatic rings. The lowest BCUT2D eigenvalue weighted by atomic mass is 9.91. The van der Waals surface area contributed by atoms with Gasteiger partial charge in [0.15, 0.2) is 5.78 Å². The van der Waals surface area contributed by atoms with E-state index >= 15 is 0 Å². The molecule has 1 unspecified atom stereocenters. The Labute approximate surface area is 263 Å². The molecule has 0 aromatic rings. The van der Waals surface area contributed by atoms with E-state index in [1.807, 2.05) is 19.2 Å². The quantitative estimate of drug-likeness (QED) is 0.249. The number of nitrogens with one attached hydrogen (secondary N) is 2. The smallest absolute Gasteiger partial charge is 0.161 e. The molecule has 0 amide bonds. The summed E-state index contributed by atoms with van der Waals surface area (Å²) in [6.07, 6.45) is 15.7. The van der Waals surface area contributed by atoms with Crippen molar-refractivity contribution in [2.45, 2.75) is 72.0 Å². The lowest BCUT2D eigenvalue weighted by molar-refractivity contribution is -0.113. The van der Waals surface area contributed by atoms with Gasteiger partial charge in [-0.1, -0.05) is 44.4 Å². The maximum Gasteiger partial charge on any atom is 0.161 e. The summed E-state index contributed by atoms with van der Waals surface area (Å²) in [5.41, 5.74) is 3.19. The number of carbonyl (C=O) groups is 1. The van der Waals surface area contributed by atoms with Gasteiger partial charge in [-0.25, -0.2) is 13.2 Å². The largest absolute Gasteiger partial charge is 0.389 e.